The van der Waals surface area contributed by atoms with Crippen molar-refractivity contribution in [1.82, 2.24) is 4.98 Å². The van der Waals surface area contributed by atoms with Gasteiger partial charge in [0.05, 0.1) is 5.56 Å². The van der Waals surface area contributed by atoms with Gasteiger partial charge in [-0.1, -0.05) is 12.1 Å². The number of aromatic nitrogens is 1. The number of hydrogen-bond acceptors (Lipinski definition) is 4. The first-order valence-electron chi connectivity index (χ1n) is 6.52. The number of nitrogens with one attached hydrogen (secondary N) is 1. The number of oxazole rings is 1. The van der Waals surface area contributed by atoms with Crippen molar-refractivity contribution in [3.8, 4) is 17.2 Å². The van der Waals surface area contributed by atoms with Gasteiger partial charge in [-0.15, -0.1) is 0 Å². The van der Waals surface area contributed by atoms with E-state index in [4.69, 9.17) is 4.42 Å². The normalized spacial score (nSPS) is 10.8. The Bertz CT molecular complexity index is 804. The molecule has 5 nitrogen and oxygen atoms in total. The lowest BCUT2D eigenvalue weighted by atomic mass is 10.1. The van der Waals surface area contributed by atoms with Crippen molar-refractivity contribution in [2.45, 2.75) is 13.8 Å². The van der Waals surface area contributed by atoms with Crippen LogP contribution in [0, 0.1) is 6.92 Å². The second kappa shape index (κ2) is 4.94. The second-order valence-electron chi connectivity index (χ2n) is 4.86. The van der Waals surface area contributed by atoms with Crippen molar-refractivity contribution in [1.29, 1.82) is 0 Å². The third-order valence-corrected chi connectivity index (χ3v) is 3.15. The Labute approximate surface area is 121 Å². The van der Waals surface area contributed by atoms with Crippen molar-refractivity contribution < 1.29 is 14.3 Å². The lowest BCUT2D eigenvalue weighted by Crippen LogP contribution is -2.06. The summed E-state index contributed by atoms with van der Waals surface area (Å²) in [5, 5.41) is 12.9. The highest BCUT2D eigenvalue weighted by atomic mass is 16.3. The van der Waals surface area contributed by atoms with Crippen molar-refractivity contribution in [2.24, 2.45) is 0 Å². The summed E-state index contributed by atoms with van der Waals surface area (Å²) in [5.41, 5.74) is 3.05. The van der Waals surface area contributed by atoms with Gasteiger partial charge < -0.3 is 14.8 Å². The van der Waals surface area contributed by atoms with Crippen LogP contribution in [0.1, 0.15) is 12.5 Å². The number of anilines is 1. The second-order valence-corrected chi connectivity index (χ2v) is 4.86. The molecule has 106 valence electrons. The van der Waals surface area contributed by atoms with E-state index in [0.29, 0.717) is 28.3 Å². The first-order valence-corrected chi connectivity index (χ1v) is 6.52. The zero-order valence-electron chi connectivity index (χ0n) is 11.7. The predicted molar refractivity (Wildman–Crippen MR) is 80.2 cm³/mol. The van der Waals surface area contributed by atoms with Crippen LogP contribution in [0.4, 0.5) is 5.69 Å². The van der Waals surface area contributed by atoms with Crippen LogP contribution in [0.15, 0.2) is 40.8 Å². The fourth-order valence-electron chi connectivity index (χ4n) is 2.21. The number of fused-ring (bicyclic) bond motifs is 1. The third kappa shape index (κ3) is 2.45. The highest BCUT2D eigenvalue weighted by Crippen LogP contribution is 2.35. The van der Waals surface area contributed by atoms with Crippen LogP contribution in [0.25, 0.3) is 22.6 Å². The van der Waals surface area contributed by atoms with Gasteiger partial charge in [0.15, 0.2) is 5.58 Å². The first-order chi connectivity index (χ1) is 10.0. The third-order valence-electron chi connectivity index (χ3n) is 3.15. The van der Waals surface area contributed by atoms with E-state index < -0.39 is 0 Å². The minimum Gasteiger partial charge on any atom is -0.507 e. The molecule has 0 aliphatic carbocycles. The largest absolute Gasteiger partial charge is 0.507 e. The van der Waals surface area contributed by atoms with Gasteiger partial charge in [-0.05, 0) is 36.8 Å². The fraction of sp³-hybridized carbons (Fsp3) is 0.125. The van der Waals surface area contributed by atoms with Crippen LogP contribution in [0.3, 0.4) is 0 Å². The highest BCUT2D eigenvalue weighted by molar-refractivity contribution is 5.90. The molecular formula is C16H14N2O3. The summed E-state index contributed by atoms with van der Waals surface area (Å²) in [6, 6.07) is 10.7. The van der Waals surface area contributed by atoms with Gasteiger partial charge in [0.25, 0.3) is 0 Å². The van der Waals surface area contributed by atoms with Gasteiger partial charge in [0.1, 0.15) is 11.3 Å². The molecule has 5 heteroatoms. The predicted octanol–water partition coefficient (Wildman–Crippen LogP) is 3.47. The van der Waals surface area contributed by atoms with Gasteiger partial charge in [0, 0.05) is 12.6 Å². The number of carbonyl (C=O) groups is 1. The first kappa shape index (κ1) is 13.2. The Hall–Kier alpha value is -2.82. The molecule has 21 heavy (non-hydrogen) atoms. The minimum absolute atomic E-state index is 0.0932. The molecule has 3 aromatic rings. The maximum atomic E-state index is 11.2. The van der Waals surface area contributed by atoms with E-state index in [9.17, 15) is 9.90 Å². The number of aromatic hydroxyl groups is 1. The van der Waals surface area contributed by atoms with Gasteiger partial charge in [-0.2, -0.15) is 0 Å². The van der Waals surface area contributed by atoms with Gasteiger partial charge >= 0.3 is 0 Å². The number of phenols is 1. The molecule has 0 atom stereocenters. The molecule has 0 aliphatic heterocycles. The number of hydrogen-bond donors (Lipinski definition) is 2. The number of amides is 1. The summed E-state index contributed by atoms with van der Waals surface area (Å²) >= 11 is 0. The molecule has 0 saturated heterocycles. The van der Waals surface area contributed by atoms with Crippen molar-refractivity contribution in [3.05, 3.63) is 42.0 Å². The molecule has 1 heterocycles. The van der Waals surface area contributed by atoms with Gasteiger partial charge in [0.2, 0.25) is 11.8 Å². The van der Waals surface area contributed by atoms with Crippen LogP contribution in [0.2, 0.25) is 0 Å². The van der Waals surface area contributed by atoms with Crippen LogP contribution < -0.4 is 5.32 Å². The van der Waals surface area contributed by atoms with E-state index in [1.54, 1.807) is 19.1 Å². The molecule has 0 radical (unpaired) electrons. The average molecular weight is 282 g/mol. The molecule has 0 saturated carbocycles. The summed E-state index contributed by atoms with van der Waals surface area (Å²) in [4.78, 5) is 15.6. The van der Waals surface area contributed by atoms with Gasteiger partial charge in [-0.25, -0.2) is 4.98 Å². The maximum absolute atomic E-state index is 11.2. The standard InChI is InChI=1S/C16H14N2O3/c1-9-7-11(17-10(2)19)8-12(15(9)20)16-18-13-5-3-4-6-14(13)21-16/h3-8,20H,1-2H3,(H,17,19). The Balaban J connectivity index is 2.15. The molecule has 0 aliphatic rings. The van der Waals surface area contributed by atoms with Crippen LogP contribution in [-0.2, 0) is 4.79 Å². The number of aryl methyl sites for hydroxylation is 1. The zero-order valence-corrected chi connectivity index (χ0v) is 11.7. The number of phenolic OH excluding ortho intramolecular Hbond substituents is 1. The van der Waals surface area contributed by atoms with Crippen molar-refractivity contribution in [3.63, 3.8) is 0 Å². The molecule has 0 fully saturated rings. The van der Waals surface area contributed by atoms with E-state index in [1.807, 2.05) is 24.3 Å². The summed E-state index contributed by atoms with van der Waals surface area (Å²) in [7, 11) is 0. The Morgan fingerprint density at radius 2 is 2.05 bits per heavy atom. The topological polar surface area (TPSA) is 75.4 Å². The van der Waals surface area contributed by atoms with Crippen LogP contribution in [-0.4, -0.2) is 16.0 Å². The number of nitrogens with zero attached hydrogens (tertiary/aromatic N) is 1. The number of rotatable bonds is 2. The minimum atomic E-state index is -0.177. The summed E-state index contributed by atoms with van der Waals surface area (Å²) in [6.45, 7) is 3.19. The SMILES string of the molecule is CC(=O)Nc1cc(C)c(O)c(-c2nc3ccccc3o2)c1. The number of benzene rings is 2. The number of carbonyl (C=O) groups excluding carboxylic acids is 1. The lowest BCUT2D eigenvalue weighted by Gasteiger charge is -2.08. The van der Waals surface area contributed by atoms with E-state index in [2.05, 4.69) is 10.3 Å². The Morgan fingerprint density at radius 3 is 2.76 bits per heavy atom. The molecule has 2 N–H and O–H groups in total. The van der Waals surface area contributed by atoms with Gasteiger partial charge in [-0.3, -0.25) is 4.79 Å². The molecule has 3 rings (SSSR count). The van der Waals surface area contributed by atoms with Crippen molar-refractivity contribution in [2.75, 3.05) is 5.32 Å². The molecule has 1 aromatic heterocycles. The molecule has 2 aromatic carbocycles. The maximum Gasteiger partial charge on any atom is 0.231 e. The highest BCUT2D eigenvalue weighted by Gasteiger charge is 2.15. The summed E-state index contributed by atoms with van der Waals surface area (Å²) < 4.78 is 5.67. The monoisotopic (exact) mass is 282 g/mol. The zero-order chi connectivity index (χ0) is 15.0. The molecule has 0 unspecified atom stereocenters. The molecule has 0 bridgehead atoms. The smallest absolute Gasteiger partial charge is 0.231 e. The van der Waals surface area contributed by atoms with E-state index in [0.717, 1.165) is 5.52 Å². The molecule has 0 spiro atoms. The van der Waals surface area contributed by atoms with E-state index >= 15 is 0 Å². The summed E-state index contributed by atoms with van der Waals surface area (Å²) in [5.74, 6) is 0.239. The Morgan fingerprint density at radius 1 is 1.29 bits per heavy atom. The summed E-state index contributed by atoms with van der Waals surface area (Å²) in [6.07, 6.45) is 0. The van der Waals surface area contributed by atoms with Crippen LogP contribution >= 0.6 is 0 Å². The quantitative estimate of drug-likeness (QED) is 0.706. The van der Waals surface area contributed by atoms with Crippen LogP contribution in [0.5, 0.6) is 5.75 Å². The molecule has 1 amide bonds. The fourth-order valence-corrected chi connectivity index (χ4v) is 2.21. The van der Waals surface area contributed by atoms with E-state index in [1.165, 1.54) is 6.92 Å². The average Bonchev–Trinajstić information content (AvgIpc) is 2.85. The molecular weight excluding hydrogens is 268 g/mol. The lowest BCUT2D eigenvalue weighted by molar-refractivity contribution is -0.114. The van der Waals surface area contributed by atoms with Crippen molar-refractivity contribution >= 4 is 22.7 Å². The van der Waals surface area contributed by atoms with E-state index in [-0.39, 0.29) is 11.7 Å². The Kier molecular flexibility index (Phi) is 3.10. The number of para-hydroxylation sites is 2.